The Bertz CT molecular complexity index is 679. The van der Waals surface area contributed by atoms with Crippen LogP contribution in [0.5, 0.6) is 5.75 Å². The first kappa shape index (κ1) is 13.2. The van der Waals surface area contributed by atoms with Gasteiger partial charge in [0.15, 0.2) is 0 Å². The molecular weight excluding hydrogens is 282 g/mol. The van der Waals surface area contributed by atoms with Crippen LogP contribution in [0.25, 0.3) is 0 Å². The van der Waals surface area contributed by atoms with Crippen molar-refractivity contribution in [2.75, 3.05) is 6.61 Å². The average molecular weight is 300 g/mol. The molecule has 1 heterocycles. The summed E-state index contributed by atoms with van der Waals surface area (Å²) in [6, 6.07) is 14.5. The maximum Gasteiger partial charge on any atom is 0.127 e. The number of fused-ring (bicyclic) bond motifs is 1. The number of ether oxygens (including phenoxy) is 1. The van der Waals surface area contributed by atoms with Gasteiger partial charge in [0.1, 0.15) is 5.75 Å². The third kappa shape index (κ3) is 2.05. The van der Waals surface area contributed by atoms with Crippen molar-refractivity contribution in [3.63, 3.8) is 0 Å². The fourth-order valence-electron chi connectivity index (χ4n) is 3.51. The van der Waals surface area contributed by atoms with E-state index in [1.807, 2.05) is 18.2 Å². The van der Waals surface area contributed by atoms with Crippen molar-refractivity contribution in [2.24, 2.45) is 5.73 Å². The van der Waals surface area contributed by atoms with E-state index >= 15 is 0 Å². The Balaban J connectivity index is 1.78. The predicted molar refractivity (Wildman–Crippen MR) is 84.9 cm³/mol. The van der Waals surface area contributed by atoms with E-state index in [-0.39, 0.29) is 11.5 Å². The van der Waals surface area contributed by atoms with Gasteiger partial charge in [0.25, 0.3) is 0 Å². The van der Waals surface area contributed by atoms with Crippen LogP contribution >= 0.6 is 11.6 Å². The molecule has 1 atom stereocenters. The monoisotopic (exact) mass is 299 g/mol. The second kappa shape index (κ2) is 4.75. The summed E-state index contributed by atoms with van der Waals surface area (Å²) in [6.45, 7) is 0.730. The van der Waals surface area contributed by atoms with E-state index in [1.165, 1.54) is 11.1 Å². The van der Waals surface area contributed by atoms with Crippen molar-refractivity contribution in [1.82, 2.24) is 0 Å². The summed E-state index contributed by atoms with van der Waals surface area (Å²) in [5.41, 5.74) is 10.3. The first-order valence-electron chi connectivity index (χ1n) is 7.47. The number of nitrogens with two attached hydrogens (primary N) is 1. The first-order valence-corrected chi connectivity index (χ1v) is 7.85. The number of rotatable bonds is 3. The summed E-state index contributed by atoms with van der Waals surface area (Å²) in [5.74, 6) is 0.967. The van der Waals surface area contributed by atoms with Crippen LogP contribution in [-0.4, -0.2) is 6.61 Å². The summed E-state index contributed by atoms with van der Waals surface area (Å²) in [7, 11) is 0. The van der Waals surface area contributed by atoms with Gasteiger partial charge in [-0.05, 0) is 36.1 Å². The third-order valence-corrected chi connectivity index (χ3v) is 5.06. The average Bonchev–Trinajstić information content (AvgIpc) is 3.19. The van der Waals surface area contributed by atoms with Gasteiger partial charge in [0.2, 0.25) is 0 Å². The number of halogens is 1. The minimum atomic E-state index is -0.0644. The maximum absolute atomic E-state index is 6.67. The lowest BCUT2D eigenvalue weighted by atomic mass is 9.83. The molecule has 4 rings (SSSR count). The zero-order chi connectivity index (χ0) is 14.4. The lowest BCUT2D eigenvalue weighted by Gasteiger charge is -2.26. The molecule has 2 nitrogen and oxygen atoms in total. The molecule has 2 aromatic carbocycles. The Morgan fingerprint density at radius 3 is 2.62 bits per heavy atom. The van der Waals surface area contributed by atoms with E-state index in [2.05, 4.69) is 24.3 Å². The highest BCUT2D eigenvalue weighted by Crippen LogP contribution is 2.57. The van der Waals surface area contributed by atoms with Crippen molar-refractivity contribution < 1.29 is 4.74 Å². The van der Waals surface area contributed by atoms with Crippen LogP contribution in [0, 0.1) is 0 Å². The van der Waals surface area contributed by atoms with Crippen molar-refractivity contribution in [1.29, 1.82) is 0 Å². The molecule has 0 bridgehead atoms. The molecule has 108 valence electrons. The summed E-state index contributed by atoms with van der Waals surface area (Å²) in [6.07, 6.45) is 3.17. The van der Waals surface area contributed by atoms with E-state index in [0.717, 1.165) is 42.2 Å². The first-order chi connectivity index (χ1) is 10.2. The molecule has 2 N–H and O–H groups in total. The van der Waals surface area contributed by atoms with Crippen molar-refractivity contribution in [3.05, 3.63) is 64.2 Å². The molecule has 1 aliphatic carbocycles. The molecule has 0 radical (unpaired) electrons. The van der Waals surface area contributed by atoms with Crippen LogP contribution in [0.4, 0.5) is 0 Å². The van der Waals surface area contributed by atoms with Gasteiger partial charge in [0, 0.05) is 28.5 Å². The fraction of sp³-hybridized carbons (Fsp3) is 0.333. The van der Waals surface area contributed by atoms with Crippen molar-refractivity contribution in [3.8, 4) is 5.75 Å². The molecule has 21 heavy (non-hydrogen) atoms. The molecule has 1 unspecified atom stereocenters. The molecule has 1 saturated carbocycles. The quantitative estimate of drug-likeness (QED) is 0.929. The second-order valence-corrected chi connectivity index (χ2v) is 6.52. The van der Waals surface area contributed by atoms with Crippen LogP contribution < -0.4 is 10.5 Å². The highest BCUT2D eigenvalue weighted by molar-refractivity contribution is 6.30. The number of hydrogen-bond acceptors (Lipinski definition) is 2. The minimum Gasteiger partial charge on any atom is -0.493 e. The molecule has 1 aliphatic heterocycles. The van der Waals surface area contributed by atoms with E-state index < -0.39 is 0 Å². The van der Waals surface area contributed by atoms with Crippen LogP contribution in [-0.2, 0) is 11.8 Å². The number of benzene rings is 2. The van der Waals surface area contributed by atoms with Crippen LogP contribution in [0.3, 0.4) is 0 Å². The molecule has 2 aromatic rings. The van der Waals surface area contributed by atoms with Crippen molar-refractivity contribution >= 4 is 11.6 Å². The largest absolute Gasteiger partial charge is 0.493 e. The van der Waals surface area contributed by atoms with Crippen LogP contribution in [0.1, 0.15) is 35.6 Å². The Kier molecular flexibility index (Phi) is 2.98. The van der Waals surface area contributed by atoms with Gasteiger partial charge in [-0.25, -0.2) is 0 Å². The standard InChI is InChI=1S/C18H18ClNO/c19-14-10-12-6-9-21-16(12)15(11-14)17(20)18(7-8-18)13-4-2-1-3-5-13/h1-5,10-11,17H,6-9,20H2. The fourth-order valence-corrected chi connectivity index (χ4v) is 3.76. The van der Waals surface area contributed by atoms with E-state index in [9.17, 15) is 0 Å². The van der Waals surface area contributed by atoms with E-state index in [0.29, 0.717) is 0 Å². The Hall–Kier alpha value is -1.51. The van der Waals surface area contributed by atoms with Crippen LogP contribution in [0.2, 0.25) is 5.02 Å². The predicted octanol–water partition coefficient (Wildman–Crippen LogP) is 4.01. The summed E-state index contributed by atoms with van der Waals surface area (Å²) in [4.78, 5) is 0. The molecule has 2 aliphatic rings. The number of hydrogen-bond donors (Lipinski definition) is 1. The van der Waals surface area contributed by atoms with Gasteiger partial charge in [-0.1, -0.05) is 41.9 Å². The van der Waals surface area contributed by atoms with Gasteiger partial charge in [-0.2, -0.15) is 0 Å². The van der Waals surface area contributed by atoms with Crippen LogP contribution in [0.15, 0.2) is 42.5 Å². The summed E-state index contributed by atoms with van der Waals surface area (Å²) in [5, 5.41) is 0.758. The maximum atomic E-state index is 6.67. The molecular formula is C18H18ClNO. The minimum absolute atomic E-state index is 0.0473. The summed E-state index contributed by atoms with van der Waals surface area (Å²) < 4.78 is 5.83. The second-order valence-electron chi connectivity index (χ2n) is 6.08. The molecule has 0 saturated heterocycles. The van der Waals surface area contributed by atoms with Gasteiger partial charge in [0.05, 0.1) is 6.61 Å². The molecule has 0 spiro atoms. The lowest BCUT2D eigenvalue weighted by molar-refractivity contribution is 0.348. The van der Waals surface area contributed by atoms with E-state index in [4.69, 9.17) is 22.1 Å². The van der Waals surface area contributed by atoms with E-state index in [1.54, 1.807) is 0 Å². The van der Waals surface area contributed by atoms with Gasteiger partial charge in [-0.3, -0.25) is 0 Å². The smallest absolute Gasteiger partial charge is 0.127 e. The van der Waals surface area contributed by atoms with Gasteiger partial charge < -0.3 is 10.5 Å². The van der Waals surface area contributed by atoms with Gasteiger partial charge >= 0.3 is 0 Å². The molecule has 1 fully saturated rings. The van der Waals surface area contributed by atoms with Gasteiger partial charge in [-0.15, -0.1) is 0 Å². The SMILES string of the molecule is NC(c1cc(Cl)cc2c1OCC2)C1(c2ccccc2)CC1. The normalized spacial score (nSPS) is 19.7. The molecule has 0 aromatic heterocycles. The lowest BCUT2D eigenvalue weighted by Crippen LogP contribution is -2.26. The third-order valence-electron chi connectivity index (χ3n) is 4.84. The topological polar surface area (TPSA) is 35.2 Å². The zero-order valence-corrected chi connectivity index (χ0v) is 12.6. The Labute approximate surface area is 129 Å². The Morgan fingerprint density at radius 2 is 1.90 bits per heavy atom. The highest BCUT2D eigenvalue weighted by atomic mass is 35.5. The zero-order valence-electron chi connectivity index (χ0n) is 11.8. The molecule has 0 amide bonds. The summed E-state index contributed by atoms with van der Waals surface area (Å²) >= 11 is 6.28. The molecule has 3 heteroatoms. The highest BCUT2D eigenvalue weighted by Gasteiger charge is 2.50. The Morgan fingerprint density at radius 1 is 1.14 bits per heavy atom. The van der Waals surface area contributed by atoms with Crippen molar-refractivity contribution in [2.45, 2.75) is 30.7 Å².